The molecule has 2 nitrogen and oxygen atoms in total. The van der Waals surface area contributed by atoms with Crippen LogP contribution in [0.15, 0.2) is 47.5 Å². The molecule has 0 N–H and O–H groups in total. The van der Waals surface area contributed by atoms with E-state index in [0.29, 0.717) is 0 Å². The minimum absolute atomic E-state index is 0.860. The van der Waals surface area contributed by atoms with Gasteiger partial charge in [0.2, 0.25) is 0 Å². The molecule has 0 saturated heterocycles. The first-order valence-electron chi connectivity index (χ1n) is 3.61. The molecule has 2 heterocycles. The second-order valence-corrected chi connectivity index (χ2v) is 3.24. The van der Waals surface area contributed by atoms with Crippen molar-refractivity contribution in [3.05, 3.63) is 47.5 Å². The van der Waals surface area contributed by atoms with Gasteiger partial charge in [-0.1, -0.05) is 0 Å². The third-order valence-corrected chi connectivity index (χ3v) is 2.08. The summed E-state index contributed by atoms with van der Waals surface area (Å²) in [6, 6.07) is 7.91. The smallest absolute Gasteiger partial charge is 0.106 e. The SMILES string of the molecule is Brc1ccc(-n2cccc2)cn1. The van der Waals surface area contributed by atoms with Crippen LogP contribution in [0.1, 0.15) is 0 Å². The van der Waals surface area contributed by atoms with E-state index in [4.69, 9.17) is 0 Å². The lowest BCUT2D eigenvalue weighted by Crippen LogP contribution is -1.89. The normalized spacial score (nSPS) is 10.1. The van der Waals surface area contributed by atoms with E-state index in [9.17, 15) is 0 Å². The van der Waals surface area contributed by atoms with Gasteiger partial charge in [-0.15, -0.1) is 0 Å². The molecule has 0 aliphatic heterocycles. The van der Waals surface area contributed by atoms with E-state index in [2.05, 4.69) is 20.9 Å². The Balaban J connectivity index is 2.43. The van der Waals surface area contributed by atoms with Crippen LogP contribution in [0.2, 0.25) is 0 Å². The average Bonchev–Trinajstić information content (AvgIpc) is 2.58. The molecular weight excluding hydrogens is 216 g/mol. The van der Waals surface area contributed by atoms with Gasteiger partial charge in [0.1, 0.15) is 4.60 Å². The zero-order valence-electron chi connectivity index (χ0n) is 6.31. The number of hydrogen-bond acceptors (Lipinski definition) is 1. The highest BCUT2D eigenvalue weighted by molar-refractivity contribution is 9.10. The first-order chi connectivity index (χ1) is 5.86. The highest BCUT2D eigenvalue weighted by Gasteiger charge is 1.93. The van der Waals surface area contributed by atoms with Gasteiger partial charge in [-0.2, -0.15) is 0 Å². The maximum Gasteiger partial charge on any atom is 0.106 e. The second-order valence-electron chi connectivity index (χ2n) is 2.43. The fraction of sp³-hybridized carbons (Fsp3) is 0. The number of halogens is 1. The summed E-state index contributed by atoms with van der Waals surface area (Å²) in [4.78, 5) is 4.13. The van der Waals surface area contributed by atoms with Crippen molar-refractivity contribution in [2.45, 2.75) is 0 Å². The Morgan fingerprint density at radius 1 is 1.17 bits per heavy atom. The lowest BCUT2D eigenvalue weighted by atomic mass is 10.4. The van der Waals surface area contributed by atoms with Crippen molar-refractivity contribution in [2.24, 2.45) is 0 Å². The lowest BCUT2D eigenvalue weighted by Gasteiger charge is -2.00. The summed E-state index contributed by atoms with van der Waals surface area (Å²) in [5.74, 6) is 0. The summed E-state index contributed by atoms with van der Waals surface area (Å²) in [6.45, 7) is 0. The van der Waals surface area contributed by atoms with Gasteiger partial charge in [0.25, 0.3) is 0 Å². The molecule has 12 heavy (non-hydrogen) atoms. The lowest BCUT2D eigenvalue weighted by molar-refractivity contribution is 1.05. The van der Waals surface area contributed by atoms with Crippen LogP contribution >= 0.6 is 15.9 Å². The standard InChI is InChI=1S/C9H7BrN2/c10-9-4-3-8(7-11-9)12-5-1-2-6-12/h1-7H. The summed E-state index contributed by atoms with van der Waals surface area (Å²) < 4.78 is 2.87. The Morgan fingerprint density at radius 3 is 2.50 bits per heavy atom. The van der Waals surface area contributed by atoms with Gasteiger partial charge in [-0.25, -0.2) is 4.98 Å². The Kier molecular flexibility index (Phi) is 1.96. The molecule has 0 atom stereocenters. The highest BCUT2D eigenvalue weighted by atomic mass is 79.9. The van der Waals surface area contributed by atoms with Gasteiger partial charge < -0.3 is 4.57 Å². The largest absolute Gasteiger partial charge is 0.322 e. The molecule has 0 aliphatic rings. The quantitative estimate of drug-likeness (QED) is 0.679. The number of pyridine rings is 1. The van der Waals surface area contributed by atoms with Crippen molar-refractivity contribution < 1.29 is 0 Å². The number of hydrogen-bond donors (Lipinski definition) is 0. The Morgan fingerprint density at radius 2 is 1.92 bits per heavy atom. The molecule has 0 amide bonds. The van der Waals surface area contributed by atoms with E-state index in [1.54, 1.807) is 0 Å². The van der Waals surface area contributed by atoms with E-state index in [-0.39, 0.29) is 0 Å². The van der Waals surface area contributed by atoms with Gasteiger partial charge >= 0.3 is 0 Å². The van der Waals surface area contributed by atoms with Gasteiger partial charge in [0.05, 0.1) is 11.9 Å². The molecule has 0 spiro atoms. The van der Waals surface area contributed by atoms with E-state index in [1.165, 1.54) is 0 Å². The fourth-order valence-corrected chi connectivity index (χ4v) is 1.26. The summed E-state index contributed by atoms with van der Waals surface area (Å²) in [5, 5.41) is 0. The average molecular weight is 223 g/mol. The number of aromatic nitrogens is 2. The van der Waals surface area contributed by atoms with Crippen molar-refractivity contribution in [1.82, 2.24) is 9.55 Å². The van der Waals surface area contributed by atoms with Crippen LogP contribution in [-0.2, 0) is 0 Å². The number of rotatable bonds is 1. The predicted molar refractivity (Wildman–Crippen MR) is 51.3 cm³/mol. The zero-order chi connectivity index (χ0) is 8.39. The minimum Gasteiger partial charge on any atom is -0.322 e. The van der Waals surface area contributed by atoms with Gasteiger partial charge in [-0.05, 0) is 40.2 Å². The summed E-state index contributed by atoms with van der Waals surface area (Å²) in [7, 11) is 0. The van der Waals surface area contributed by atoms with E-state index in [0.717, 1.165) is 10.3 Å². The van der Waals surface area contributed by atoms with Crippen LogP contribution in [0.25, 0.3) is 5.69 Å². The van der Waals surface area contributed by atoms with E-state index in [1.807, 2.05) is 47.4 Å². The summed E-state index contributed by atoms with van der Waals surface area (Å²) >= 11 is 3.29. The van der Waals surface area contributed by atoms with Crippen molar-refractivity contribution in [3.63, 3.8) is 0 Å². The first-order valence-corrected chi connectivity index (χ1v) is 4.40. The molecule has 0 saturated carbocycles. The van der Waals surface area contributed by atoms with Crippen molar-refractivity contribution >= 4 is 15.9 Å². The maximum absolute atomic E-state index is 4.13. The molecule has 0 aliphatic carbocycles. The third-order valence-electron chi connectivity index (χ3n) is 1.61. The topological polar surface area (TPSA) is 17.8 Å². The van der Waals surface area contributed by atoms with Gasteiger partial charge in [-0.3, -0.25) is 0 Å². The maximum atomic E-state index is 4.13. The van der Waals surface area contributed by atoms with Crippen LogP contribution in [0, 0.1) is 0 Å². The summed E-state index contributed by atoms with van der Waals surface area (Å²) in [6.07, 6.45) is 5.81. The first kappa shape index (κ1) is 7.55. The van der Waals surface area contributed by atoms with E-state index >= 15 is 0 Å². The highest BCUT2D eigenvalue weighted by Crippen LogP contribution is 2.10. The van der Waals surface area contributed by atoms with Crippen LogP contribution in [0.5, 0.6) is 0 Å². The Bertz CT molecular complexity index is 351. The van der Waals surface area contributed by atoms with Crippen LogP contribution in [0.3, 0.4) is 0 Å². The molecule has 2 aromatic heterocycles. The zero-order valence-corrected chi connectivity index (χ0v) is 7.90. The minimum atomic E-state index is 0.860. The summed E-state index contributed by atoms with van der Waals surface area (Å²) in [5.41, 5.74) is 1.07. The Hall–Kier alpha value is -1.09. The number of nitrogens with zero attached hydrogens (tertiary/aromatic N) is 2. The molecule has 0 unspecified atom stereocenters. The van der Waals surface area contributed by atoms with Crippen LogP contribution < -0.4 is 0 Å². The van der Waals surface area contributed by atoms with Gasteiger partial charge in [0.15, 0.2) is 0 Å². The predicted octanol–water partition coefficient (Wildman–Crippen LogP) is 2.63. The van der Waals surface area contributed by atoms with Crippen molar-refractivity contribution in [1.29, 1.82) is 0 Å². The molecule has 0 fully saturated rings. The van der Waals surface area contributed by atoms with Crippen LogP contribution in [-0.4, -0.2) is 9.55 Å². The molecule has 2 rings (SSSR count). The monoisotopic (exact) mass is 222 g/mol. The van der Waals surface area contributed by atoms with Gasteiger partial charge in [0, 0.05) is 12.4 Å². The molecule has 60 valence electrons. The Labute approximate surface area is 79.0 Å². The molecule has 0 bridgehead atoms. The molecular formula is C9H7BrN2. The fourth-order valence-electron chi connectivity index (χ4n) is 1.03. The molecule has 0 aromatic carbocycles. The van der Waals surface area contributed by atoms with Crippen LogP contribution in [0.4, 0.5) is 0 Å². The van der Waals surface area contributed by atoms with Crippen molar-refractivity contribution in [3.8, 4) is 5.69 Å². The third kappa shape index (κ3) is 1.41. The molecule has 2 aromatic rings. The second kappa shape index (κ2) is 3.11. The van der Waals surface area contributed by atoms with E-state index < -0.39 is 0 Å². The van der Waals surface area contributed by atoms with Crippen molar-refractivity contribution in [2.75, 3.05) is 0 Å². The molecule has 3 heteroatoms. The molecule has 0 radical (unpaired) electrons.